The van der Waals surface area contributed by atoms with E-state index in [9.17, 15) is 4.79 Å². The number of para-hydroxylation sites is 1. The summed E-state index contributed by atoms with van der Waals surface area (Å²) in [4.78, 5) is 14.3. The average Bonchev–Trinajstić information content (AvgIpc) is 2.80. The van der Waals surface area contributed by atoms with Gasteiger partial charge in [-0.3, -0.25) is 4.79 Å². The van der Waals surface area contributed by atoms with Crippen LogP contribution in [0.1, 0.15) is 17.0 Å². The number of halogens is 1. The Bertz CT molecular complexity index is 760. The van der Waals surface area contributed by atoms with Crippen LogP contribution in [-0.4, -0.2) is 27.2 Å². The molecule has 1 aliphatic rings. The van der Waals surface area contributed by atoms with Crippen LogP contribution >= 0.6 is 15.9 Å². The highest BCUT2D eigenvalue weighted by atomic mass is 79.9. The zero-order valence-electron chi connectivity index (χ0n) is 13.3. The number of anilines is 1. The van der Waals surface area contributed by atoms with Gasteiger partial charge in [0.05, 0.1) is 24.6 Å². The molecule has 0 aromatic heterocycles. The summed E-state index contributed by atoms with van der Waals surface area (Å²) in [6, 6.07) is 11.9. The van der Waals surface area contributed by atoms with E-state index in [1.54, 1.807) is 19.1 Å². The number of likely N-dealkylation sites (N-methyl/N-ethyl adjacent to an activating group) is 1. The number of nitrogens with zero attached hydrogens (tertiary/aromatic N) is 1. The zero-order chi connectivity index (χ0) is 16.6. The van der Waals surface area contributed by atoms with Crippen LogP contribution < -0.4 is 14.4 Å². The molecule has 0 aliphatic carbocycles. The van der Waals surface area contributed by atoms with Crippen LogP contribution in [0.4, 0.5) is 5.69 Å². The number of hydrogen-bond acceptors (Lipinski definition) is 3. The first-order chi connectivity index (χ1) is 11.1. The molecular weight excluding hydrogens is 358 g/mol. The Morgan fingerprint density at radius 3 is 2.61 bits per heavy atom. The van der Waals surface area contributed by atoms with Crippen molar-refractivity contribution in [1.29, 1.82) is 0 Å². The van der Waals surface area contributed by atoms with Crippen LogP contribution in [-0.2, 0) is 11.2 Å². The summed E-state index contributed by atoms with van der Waals surface area (Å²) in [5.41, 5.74) is 3.09. The second-order valence-corrected chi connectivity index (χ2v) is 6.38. The molecule has 120 valence electrons. The van der Waals surface area contributed by atoms with Crippen molar-refractivity contribution in [3.05, 3.63) is 52.0 Å². The third-order valence-corrected chi connectivity index (χ3v) is 4.82. The fraction of sp³-hybridized carbons (Fsp3) is 0.278. The van der Waals surface area contributed by atoms with Gasteiger partial charge in [-0.2, -0.15) is 0 Å². The van der Waals surface area contributed by atoms with Crippen molar-refractivity contribution >= 4 is 27.5 Å². The van der Waals surface area contributed by atoms with E-state index in [0.717, 1.165) is 21.3 Å². The summed E-state index contributed by atoms with van der Waals surface area (Å²) in [5.74, 6) is 1.27. The van der Waals surface area contributed by atoms with Crippen LogP contribution in [0.5, 0.6) is 11.5 Å². The van der Waals surface area contributed by atoms with E-state index in [1.165, 1.54) is 0 Å². The maximum Gasteiger partial charge on any atom is 0.234 e. The Morgan fingerprint density at radius 2 is 1.91 bits per heavy atom. The second-order valence-electron chi connectivity index (χ2n) is 5.53. The molecule has 1 amide bonds. The molecule has 0 unspecified atom stereocenters. The molecule has 0 N–H and O–H groups in total. The number of carbonyl (C=O) groups is 1. The molecule has 0 fully saturated rings. The quantitative estimate of drug-likeness (QED) is 0.816. The number of amides is 1. The molecule has 4 nitrogen and oxygen atoms in total. The Kier molecular flexibility index (Phi) is 4.31. The van der Waals surface area contributed by atoms with E-state index in [1.807, 2.05) is 43.4 Å². The minimum atomic E-state index is -0.166. The van der Waals surface area contributed by atoms with Crippen molar-refractivity contribution in [3.63, 3.8) is 0 Å². The van der Waals surface area contributed by atoms with Gasteiger partial charge in [0.2, 0.25) is 5.91 Å². The SMILES string of the molecule is COc1cc(C[C@H]2C(=O)N(C)c3ccccc32)cc(Br)c1OC. The van der Waals surface area contributed by atoms with Crippen molar-refractivity contribution in [2.75, 3.05) is 26.2 Å². The van der Waals surface area contributed by atoms with E-state index in [4.69, 9.17) is 9.47 Å². The van der Waals surface area contributed by atoms with Gasteiger partial charge >= 0.3 is 0 Å². The van der Waals surface area contributed by atoms with Crippen LogP contribution in [0.3, 0.4) is 0 Å². The summed E-state index contributed by atoms with van der Waals surface area (Å²) < 4.78 is 11.5. The lowest BCUT2D eigenvalue weighted by Gasteiger charge is -2.15. The topological polar surface area (TPSA) is 38.8 Å². The van der Waals surface area contributed by atoms with Gasteiger partial charge in [0, 0.05) is 12.7 Å². The zero-order valence-corrected chi connectivity index (χ0v) is 14.9. The number of methoxy groups -OCH3 is 2. The number of hydrogen-bond donors (Lipinski definition) is 0. The lowest BCUT2D eigenvalue weighted by molar-refractivity contribution is -0.119. The Labute approximate surface area is 144 Å². The molecule has 2 aromatic carbocycles. The molecule has 0 saturated carbocycles. The summed E-state index contributed by atoms with van der Waals surface area (Å²) >= 11 is 3.51. The van der Waals surface area contributed by atoms with Gasteiger partial charge in [-0.1, -0.05) is 18.2 Å². The van der Waals surface area contributed by atoms with Crippen molar-refractivity contribution in [2.24, 2.45) is 0 Å². The Balaban J connectivity index is 1.97. The predicted octanol–water partition coefficient (Wildman–Crippen LogP) is 3.77. The first-order valence-electron chi connectivity index (χ1n) is 7.33. The molecule has 3 rings (SSSR count). The van der Waals surface area contributed by atoms with Crippen LogP contribution in [0.15, 0.2) is 40.9 Å². The second kappa shape index (κ2) is 6.24. The fourth-order valence-electron chi connectivity index (χ4n) is 3.10. The molecule has 1 aliphatic heterocycles. The van der Waals surface area contributed by atoms with Crippen LogP contribution in [0.2, 0.25) is 0 Å². The third kappa shape index (κ3) is 2.70. The summed E-state index contributed by atoms with van der Waals surface area (Å²) in [5, 5.41) is 0. The monoisotopic (exact) mass is 375 g/mol. The van der Waals surface area contributed by atoms with Gasteiger partial charge in [0.25, 0.3) is 0 Å². The van der Waals surface area contributed by atoms with Gasteiger partial charge in [0.1, 0.15) is 0 Å². The molecule has 0 spiro atoms. The minimum absolute atomic E-state index is 0.122. The van der Waals surface area contributed by atoms with E-state index in [2.05, 4.69) is 15.9 Å². The first-order valence-corrected chi connectivity index (χ1v) is 8.13. The Morgan fingerprint density at radius 1 is 1.17 bits per heavy atom. The highest BCUT2D eigenvalue weighted by Gasteiger charge is 2.34. The molecule has 1 heterocycles. The number of carbonyl (C=O) groups excluding carboxylic acids is 1. The molecule has 0 radical (unpaired) electrons. The largest absolute Gasteiger partial charge is 0.493 e. The number of ether oxygens (including phenoxy) is 2. The minimum Gasteiger partial charge on any atom is -0.493 e. The molecule has 0 bridgehead atoms. The maximum atomic E-state index is 12.6. The standard InChI is InChI=1S/C18H18BrNO3/c1-20-15-7-5-4-6-12(15)13(18(20)21)8-11-9-14(19)17(23-3)16(10-11)22-2/h4-7,9-10,13H,8H2,1-3H3/t13-/m1/s1. The average molecular weight is 376 g/mol. The van der Waals surface area contributed by atoms with Gasteiger partial charge in [-0.05, 0) is 51.7 Å². The Hall–Kier alpha value is -2.01. The van der Waals surface area contributed by atoms with E-state index < -0.39 is 0 Å². The lowest BCUT2D eigenvalue weighted by atomic mass is 9.93. The van der Waals surface area contributed by atoms with Crippen molar-refractivity contribution < 1.29 is 14.3 Å². The number of rotatable bonds is 4. The van der Waals surface area contributed by atoms with Crippen molar-refractivity contribution in [1.82, 2.24) is 0 Å². The third-order valence-electron chi connectivity index (χ3n) is 4.24. The maximum absolute atomic E-state index is 12.6. The summed E-state index contributed by atoms with van der Waals surface area (Å²) in [6.45, 7) is 0. The number of fused-ring (bicyclic) bond motifs is 1. The number of benzene rings is 2. The van der Waals surface area contributed by atoms with Crippen LogP contribution in [0, 0.1) is 0 Å². The fourth-order valence-corrected chi connectivity index (χ4v) is 3.75. The molecule has 23 heavy (non-hydrogen) atoms. The van der Waals surface area contributed by atoms with E-state index in [-0.39, 0.29) is 11.8 Å². The normalized spacial score (nSPS) is 16.4. The summed E-state index contributed by atoms with van der Waals surface area (Å²) in [7, 11) is 5.04. The van der Waals surface area contributed by atoms with Gasteiger partial charge in [0.15, 0.2) is 11.5 Å². The van der Waals surface area contributed by atoms with Crippen LogP contribution in [0.25, 0.3) is 0 Å². The molecule has 1 atom stereocenters. The molecule has 2 aromatic rings. The molecular formula is C18H18BrNO3. The first kappa shape index (κ1) is 15.9. The van der Waals surface area contributed by atoms with Gasteiger partial charge in [-0.15, -0.1) is 0 Å². The van der Waals surface area contributed by atoms with E-state index >= 15 is 0 Å². The van der Waals surface area contributed by atoms with Crippen molar-refractivity contribution in [2.45, 2.75) is 12.3 Å². The summed E-state index contributed by atoms with van der Waals surface area (Å²) in [6.07, 6.45) is 0.624. The predicted molar refractivity (Wildman–Crippen MR) is 93.5 cm³/mol. The lowest BCUT2D eigenvalue weighted by Crippen LogP contribution is -2.24. The van der Waals surface area contributed by atoms with Gasteiger partial charge < -0.3 is 14.4 Å². The molecule has 5 heteroatoms. The van der Waals surface area contributed by atoms with Crippen molar-refractivity contribution in [3.8, 4) is 11.5 Å². The molecule has 0 saturated heterocycles. The van der Waals surface area contributed by atoms with E-state index in [0.29, 0.717) is 17.9 Å². The highest BCUT2D eigenvalue weighted by Crippen LogP contribution is 2.41. The smallest absolute Gasteiger partial charge is 0.234 e. The van der Waals surface area contributed by atoms with Gasteiger partial charge in [-0.25, -0.2) is 0 Å². The highest BCUT2D eigenvalue weighted by molar-refractivity contribution is 9.10.